The van der Waals surface area contributed by atoms with Gasteiger partial charge in [-0.3, -0.25) is 9.10 Å². The second-order valence-electron chi connectivity index (χ2n) is 6.43. The van der Waals surface area contributed by atoms with E-state index >= 15 is 0 Å². The first kappa shape index (κ1) is 21.7. The number of aliphatic hydroxyl groups is 1. The topological polar surface area (TPSA) is 146 Å². The number of aliphatic hydroxyl groups excluding tert-OH is 1. The number of likely N-dealkylation sites (N-methyl/N-ethyl adjacent to an activating group) is 1. The van der Waals surface area contributed by atoms with E-state index in [2.05, 4.69) is 10.3 Å². The smallest absolute Gasteiger partial charge is 0.277 e. The molecule has 0 spiro atoms. The van der Waals surface area contributed by atoms with Crippen LogP contribution < -0.4 is 11.1 Å². The van der Waals surface area contributed by atoms with Crippen molar-refractivity contribution < 1.29 is 23.4 Å². The second-order valence-corrected chi connectivity index (χ2v) is 8.36. The van der Waals surface area contributed by atoms with Gasteiger partial charge in [-0.25, -0.2) is 13.4 Å². The molecule has 9 nitrogen and oxygen atoms in total. The van der Waals surface area contributed by atoms with Crippen LogP contribution in [0.2, 0.25) is 0 Å². The molecule has 0 unspecified atom stereocenters. The predicted molar refractivity (Wildman–Crippen MR) is 116 cm³/mol. The van der Waals surface area contributed by atoms with Crippen LogP contribution in [0, 0.1) is 0 Å². The number of rotatable bonds is 2. The Morgan fingerprint density at radius 1 is 1.00 bits per heavy atom. The number of sulfonamides is 1. The molecule has 0 bridgehead atoms. The van der Waals surface area contributed by atoms with Gasteiger partial charge in [-0.05, 0) is 48.5 Å². The van der Waals surface area contributed by atoms with Crippen molar-refractivity contribution in [3.8, 4) is 5.75 Å². The summed E-state index contributed by atoms with van der Waals surface area (Å²) in [4.78, 5) is 16.3. The maximum atomic E-state index is 12.5. The van der Waals surface area contributed by atoms with Crippen molar-refractivity contribution in [3.05, 3.63) is 84.2 Å². The third kappa shape index (κ3) is 4.59. The summed E-state index contributed by atoms with van der Waals surface area (Å²) >= 11 is 0. The Kier molecular flexibility index (Phi) is 6.12. The van der Waals surface area contributed by atoms with Crippen LogP contribution in [0.5, 0.6) is 5.75 Å². The highest BCUT2D eigenvalue weighted by Gasteiger charge is 2.37. The van der Waals surface area contributed by atoms with E-state index in [1.54, 1.807) is 54.6 Å². The van der Waals surface area contributed by atoms with Gasteiger partial charge in [0.15, 0.2) is 11.5 Å². The van der Waals surface area contributed by atoms with Crippen LogP contribution in [0.25, 0.3) is 5.76 Å². The number of phenolic OH excluding ortho intramolecular Hbond substituents is 1. The Labute approximate surface area is 179 Å². The zero-order valence-corrected chi connectivity index (χ0v) is 17.2. The van der Waals surface area contributed by atoms with Gasteiger partial charge in [-0.1, -0.05) is 18.2 Å². The first-order valence-corrected chi connectivity index (χ1v) is 10.4. The maximum absolute atomic E-state index is 12.5. The Morgan fingerprint density at radius 2 is 1.65 bits per heavy atom. The molecule has 4 rings (SSSR count). The van der Waals surface area contributed by atoms with E-state index in [-0.39, 0.29) is 27.7 Å². The lowest BCUT2D eigenvalue weighted by atomic mass is 10.1. The number of hydrogen-bond donors (Lipinski definition) is 4. The molecule has 5 N–H and O–H groups in total. The highest BCUT2D eigenvalue weighted by molar-refractivity contribution is 7.89. The lowest BCUT2D eigenvalue weighted by Gasteiger charge is -2.28. The highest BCUT2D eigenvalue weighted by atomic mass is 32.2. The van der Waals surface area contributed by atoms with E-state index in [0.29, 0.717) is 5.69 Å². The van der Waals surface area contributed by atoms with E-state index in [1.165, 1.54) is 25.4 Å². The molecule has 0 radical (unpaired) electrons. The van der Waals surface area contributed by atoms with Crippen molar-refractivity contribution in [2.24, 2.45) is 0 Å². The monoisotopic (exact) mass is 440 g/mol. The molecule has 1 aliphatic rings. The number of nitrogens with zero attached hydrogens (tertiary/aromatic N) is 2. The molecule has 1 amide bonds. The molecule has 0 saturated heterocycles. The number of phenols is 1. The van der Waals surface area contributed by atoms with E-state index in [1.807, 2.05) is 0 Å². The van der Waals surface area contributed by atoms with Crippen LogP contribution in [0.3, 0.4) is 0 Å². The summed E-state index contributed by atoms with van der Waals surface area (Å²) in [6, 6.07) is 17.3. The Hall–Kier alpha value is -4.05. The van der Waals surface area contributed by atoms with Gasteiger partial charge in [0, 0.05) is 24.5 Å². The fourth-order valence-corrected chi connectivity index (χ4v) is 4.17. The third-order valence-electron chi connectivity index (χ3n) is 4.33. The Bertz CT molecular complexity index is 1210. The minimum atomic E-state index is -3.91. The van der Waals surface area contributed by atoms with Crippen molar-refractivity contribution in [3.63, 3.8) is 0 Å². The number of nitrogen functional groups attached to an aromatic ring is 1. The third-order valence-corrected chi connectivity index (χ3v) is 6.15. The van der Waals surface area contributed by atoms with E-state index < -0.39 is 21.7 Å². The Morgan fingerprint density at radius 3 is 2.26 bits per heavy atom. The second kappa shape index (κ2) is 8.76. The fourth-order valence-electron chi connectivity index (χ4n) is 2.77. The van der Waals surface area contributed by atoms with Crippen LogP contribution in [-0.4, -0.2) is 40.9 Å². The average molecular weight is 440 g/mol. The summed E-state index contributed by atoms with van der Waals surface area (Å²) in [7, 11) is -2.69. The van der Waals surface area contributed by atoms with E-state index in [0.717, 1.165) is 4.31 Å². The lowest BCUT2D eigenvalue weighted by Crippen LogP contribution is -2.37. The summed E-state index contributed by atoms with van der Waals surface area (Å²) in [5.74, 6) is -0.658. The zero-order chi connectivity index (χ0) is 22.6. The number of aromatic hydroxyl groups is 1. The molecule has 1 aliphatic heterocycles. The summed E-state index contributed by atoms with van der Waals surface area (Å²) < 4.78 is 25.8. The van der Waals surface area contributed by atoms with Crippen LogP contribution in [0.15, 0.2) is 83.5 Å². The van der Waals surface area contributed by atoms with Gasteiger partial charge < -0.3 is 21.3 Å². The molecule has 0 atom stereocenters. The van der Waals surface area contributed by atoms with Crippen LogP contribution in [0.4, 0.5) is 11.5 Å². The van der Waals surface area contributed by atoms with Gasteiger partial charge in [-0.15, -0.1) is 0 Å². The van der Waals surface area contributed by atoms with Crippen LogP contribution >= 0.6 is 0 Å². The number of anilines is 2. The molecule has 0 saturated carbocycles. The first-order chi connectivity index (χ1) is 14.7. The molecular formula is C21H20N4O5S. The molecule has 2 aromatic carbocycles. The van der Waals surface area contributed by atoms with Gasteiger partial charge in [0.2, 0.25) is 0 Å². The number of nitrogens with one attached hydrogen (secondary N) is 1. The molecule has 10 heteroatoms. The number of amides is 1. The lowest BCUT2D eigenvalue weighted by molar-refractivity contribution is -0.113. The van der Waals surface area contributed by atoms with Gasteiger partial charge in [0.25, 0.3) is 15.9 Å². The zero-order valence-electron chi connectivity index (χ0n) is 16.4. The van der Waals surface area contributed by atoms with E-state index in [9.17, 15) is 18.3 Å². The summed E-state index contributed by atoms with van der Waals surface area (Å²) in [6.45, 7) is 0. The molecule has 0 fully saturated rings. The molecule has 31 heavy (non-hydrogen) atoms. The largest absolute Gasteiger partial charge is 0.508 e. The van der Waals surface area contributed by atoms with Gasteiger partial charge in [-0.2, -0.15) is 0 Å². The normalized spacial score (nSPS) is 14.2. The molecule has 3 aromatic rings. The summed E-state index contributed by atoms with van der Waals surface area (Å²) in [6.07, 6.45) is 1.49. The SMILES string of the molecule is CN1C(C(=O)Nc2ccccn2)=C(O)c2ccccc2S1(=O)=O.Nc1ccc(O)cc1. The minimum absolute atomic E-state index is 0.0469. The predicted octanol–water partition coefficient (Wildman–Crippen LogP) is 2.56. The number of nitrogens with two attached hydrogens (primary N) is 1. The maximum Gasteiger partial charge on any atom is 0.277 e. The standard InChI is InChI=1S/C15H13N3O4S.C6H7NO/c1-18-13(15(20)17-12-8-4-5-9-16-12)14(19)10-6-2-3-7-11(10)23(18,21)22;7-5-1-3-6(8)4-2-5/h2-9,19H,1H3,(H,16,17,20);1-4,8H,7H2. The first-order valence-electron chi connectivity index (χ1n) is 9.00. The van der Waals surface area contributed by atoms with Crippen molar-refractivity contribution in [1.82, 2.24) is 9.29 Å². The number of benzene rings is 2. The van der Waals surface area contributed by atoms with Gasteiger partial charge >= 0.3 is 0 Å². The number of aromatic nitrogens is 1. The van der Waals surface area contributed by atoms with Crippen molar-refractivity contribution in [2.45, 2.75) is 4.90 Å². The van der Waals surface area contributed by atoms with E-state index in [4.69, 9.17) is 10.8 Å². The molecule has 160 valence electrons. The minimum Gasteiger partial charge on any atom is -0.508 e. The number of hydrogen-bond acceptors (Lipinski definition) is 7. The van der Waals surface area contributed by atoms with Crippen molar-refractivity contribution >= 4 is 33.2 Å². The molecular weight excluding hydrogens is 420 g/mol. The Balaban J connectivity index is 0.000000287. The number of carbonyl (C=O) groups excluding carboxylic acids is 1. The molecule has 2 heterocycles. The number of fused-ring (bicyclic) bond motifs is 1. The van der Waals surface area contributed by atoms with Crippen molar-refractivity contribution in [1.29, 1.82) is 0 Å². The number of pyridine rings is 1. The molecule has 0 aliphatic carbocycles. The fraction of sp³-hybridized carbons (Fsp3) is 0.0476. The highest BCUT2D eigenvalue weighted by Crippen LogP contribution is 2.34. The van der Waals surface area contributed by atoms with Gasteiger partial charge in [0.1, 0.15) is 11.6 Å². The molecule has 1 aromatic heterocycles. The number of carbonyl (C=O) groups is 1. The van der Waals surface area contributed by atoms with Crippen LogP contribution in [0.1, 0.15) is 5.56 Å². The summed E-state index contributed by atoms with van der Waals surface area (Å²) in [5, 5.41) is 21.5. The summed E-state index contributed by atoms with van der Waals surface area (Å²) in [5.41, 5.74) is 5.73. The average Bonchev–Trinajstić information content (AvgIpc) is 2.76. The van der Waals surface area contributed by atoms with Crippen molar-refractivity contribution in [2.75, 3.05) is 18.1 Å². The quantitative estimate of drug-likeness (QED) is 0.354. The van der Waals surface area contributed by atoms with Gasteiger partial charge in [0.05, 0.1) is 4.90 Å². The van der Waals surface area contributed by atoms with Crippen LogP contribution in [-0.2, 0) is 14.8 Å².